The number of rotatable bonds is 4. The molecule has 0 bridgehead atoms. The zero-order chi connectivity index (χ0) is 15.6. The maximum atomic E-state index is 11.5. The molecule has 1 aliphatic carbocycles. The molecule has 1 aromatic heterocycles. The molecule has 5 nitrogen and oxygen atoms in total. The Bertz CT molecular complexity index is 583. The van der Waals surface area contributed by atoms with E-state index in [-0.39, 0.29) is 16.9 Å². The summed E-state index contributed by atoms with van der Waals surface area (Å²) in [7, 11) is 1.71. The van der Waals surface area contributed by atoms with Gasteiger partial charge in [-0.15, -0.1) is 5.10 Å². The molecule has 1 aliphatic rings. The first-order valence-electron chi connectivity index (χ1n) is 7.56. The van der Waals surface area contributed by atoms with Gasteiger partial charge in [-0.25, -0.2) is 9.89 Å². The maximum absolute atomic E-state index is 11.5. The van der Waals surface area contributed by atoms with Crippen LogP contribution in [0.1, 0.15) is 46.5 Å². The average Bonchev–Trinajstić information content (AvgIpc) is 2.79. The van der Waals surface area contributed by atoms with Crippen LogP contribution in [-0.2, 0) is 7.05 Å². The molecule has 0 radical (unpaired) electrons. The first-order valence-corrected chi connectivity index (χ1v) is 8.44. The zero-order valence-electron chi connectivity index (χ0n) is 13.2. The van der Waals surface area contributed by atoms with Crippen molar-refractivity contribution in [2.24, 2.45) is 24.3 Å². The largest absolute Gasteiger partial charge is 0.343 e. The predicted molar refractivity (Wildman–Crippen MR) is 84.0 cm³/mol. The molecule has 0 amide bonds. The van der Waals surface area contributed by atoms with Gasteiger partial charge in [0.05, 0.1) is 12.0 Å². The molecule has 3 unspecified atom stereocenters. The Hall–Kier alpha value is -1.22. The van der Waals surface area contributed by atoms with E-state index in [0.717, 1.165) is 25.7 Å². The van der Waals surface area contributed by atoms with Crippen molar-refractivity contribution in [2.45, 2.75) is 56.9 Å². The summed E-state index contributed by atoms with van der Waals surface area (Å²) in [6.07, 6.45) is 4.23. The van der Waals surface area contributed by atoms with E-state index in [9.17, 15) is 10.1 Å². The van der Waals surface area contributed by atoms with Crippen molar-refractivity contribution in [1.29, 1.82) is 5.26 Å². The van der Waals surface area contributed by atoms with Crippen molar-refractivity contribution in [2.75, 3.05) is 0 Å². The Labute approximate surface area is 130 Å². The quantitative estimate of drug-likeness (QED) is 0.928. The van der Waals surface area contributed by atoms with Crippen LogP contribution in [-0.4, -0.2) is 20.0 Å². The van der Waals surface area contributed by atoms with Gasteiger partial charge in [0.25, 0.3) is 0 Å². The fraction of sp³-hybridized carbons (Fsp3) is 0.800. The SMILES string of the molecule is CCC(C)(C)C1CCC(C#N)C(Sc2n[nH]c(=O)n2C)C1. The summed E-state index contributed by atoms with van der Waals surface area (Å²) in [5.74, 6) is 0.672. The van der Waals surface area contributed by atoms with Crippen LogP contribution in [0.3, 0.4) is 0 Å². The standard InChI is InChI=1S/C15H24N4OS/c1-5-15(2,3)11-7-6-10(9-16)12(8-11)21-14-18-17-13(20)19(14)4/h10-12H,5-8H2,1-4H3,(H,17,20). The van der Waals surface area contributed by atoms with E-state index >= 15 is 0 Å². The second kappa shape index (κ2) is 6.27. The minimum Gasteiger partial charge on any atom is -0.273 e. The van der Waals surface area contributed by atoms with Crippen molar-refractivity contribution in [3.8, 4) is 6.07 Å². The van der Waals surface area contributed by atoms with Gasteiger partial charge in [-0.3, -0.25) is 4.57 Å². The third-order valence-corrected chi connectivity index (χ3v) is 6.47. The lowest BCUT2D eigenvalue weighted by Gasteiger charge is -2.40. The van der Waals surface area contributed by atoms with Crippen molar-refractivity contribution in [3.63, 3.8) is 0 Å². The van der Waals surface area contributed by atoms with Crippen LogP contribution >= 0.6 is 11.8 Å². The predicted octanol–water partition coefficient (Wildman–Crippen LogP) is 2.95. The minimum atomic E-state index is -0.202. The van der Waals surface area contributed by atoms with Crippen LogP contribution in [0, 0.1) is 28.6 Å². The summed E-state index contributed by atoms with van der Waals surface area (Å²) < 4.78 is 1.52. The van der Waals surface area contributed by atoms with Gasteiger partial charge < -0.3 is 0 Å². The van der Waals surface area contributed by atoms with E-state index in [4.69, 9.17) is 0 Å². The fourth-order valence-electron chi connectivity index (χ4n) is 2.98. The molecule has 2 rings (SSSR count). The lowest BCUT2D eigenvalue weighted by atomic mass is 9.67. The number of thioether (sulfide) groups is 1. The van der Waals surface area contributed by atoms with Crippen molar-refractivity contribution >= 4 is 11.8 Å². The Morgan fingerprint density at radius 2 is 2.24 bits per heavy atom. The first-order chi connectivity index (χ1) is 9.89. The molecule has 6 heteroatoms. The Morgan fingerprint density at radius 1 is 1.52 bits per heavy atom. The number of H-pyrrole nitrogens is 1. The van der Waals surface area contributed by atoms with Gasteiger partial charge in [0.1, 0.15) is 0 Å². The third-order valence-electron chi connectivity index (χ3n) is 5.07. The molecule has 0 spiro atoms. The number of nitrogens with one attached hydrogen (secondary N) is 1. The molecular weight excluding hydrogens is 284 g/mol. The van der Waals surface area contributed by atoms with Crippen LogP contribution < -0.4 is 5.69 Å². The average molecular weight is 308 g/mol. The van der Waals surface area contributed by atoms with Gasteiger partial charge >= 0.3 is 5.69 Å². The molecule has 116 valence electrons. The molecule has 0 saturated heterocycles. The smallest absolute Gasteiger partial charge is 0.273 e. The molecule has 1 aromatic rings. The number of aromatic amines is 1. The van der Waals surface area contributed by atoms with Crippen molar-refractivity contribution in [1.82, 2.24) is 14.8 Å². The van der Waals surface area contributed by atoms with Gasteiger partial charge in [0.2, 0.25) is 0 Å². The van der Waals surface area contributed by atoms with Gasteiger partial charge in [0, 0.05) is 12.3 Å². The van der Waals surface area contributed by atoms with Crippen LogP contribution in [0.4, 0.5) is 0 Å². The number of aromatic nitrogens is 3. The highest BCUT2D eigenvalue weighted by Gasteiger charge is 2.38. The highest BCUT2D eigenvalue weighted by atomic mass is 32.2. The number of hydrogen-bond donors (Lipinski definition) is 1. The van der Waals surface area contributed by atoms with E-state index in [1.165, 1.54) is 4.57 Å². The summed E-state index contributed by atoms with van der Waals surface area (Å²) in [6, 6.07) is 2.44. The topological polar surface area (TPSA) is 74.5 Å². The number of hydrogen-bond acceptors (Lipinski definition) is 4. The third kappa shape index (κ3) is 3.34. The Kier molecular flexibility index (Phi) is 4.82. The van der Waals surface area contributed by atoms with E-state index in [2.05, 4.69) is 37.0 Å². The molecule has 0 aromatic carbocycles. The van der Waals surface area contributed by atoms with Crippen LogP contribution in [0.5, 0.6) is 0 Å². The molecular formula is C15H24N4OS. The molecule has 3 atom stereocenters. The monoisotopic (exact) mass is 308 g/mol. The van der Waals surface area contributed by atoms with E-state index in [0.29, 0.717) is 16.5 Å². The summed E-state index contributed by atoms with van der Waals surface area (Å²) in [6.45, 7) is 6.86. The summed E-state index contributed by atoms with van der Waals surface area (Å²) in [5, 5.41) is 16.8. The van der Waals surface area contributed by atoms with E-state index in [1.54, 1.807) is 18.8 Å². The molecule has 1 saturated carbocycles. The fourth-order valence-corrected chi connectivity index (χ4v) is 4.28. The molecule has 21 heavy (non-hydrogen) atoms. The van der Waals surface area contributed by atoms with Crippen molar-refractivity contribution < 1.29 is 0 Å². The normalized spacial score (nSPS) is 26.5. The van der Waals surface area contributed by atoms with Crippen LogP contribution in [0.25, 0.3) is 0 Å². The lowest BCUT2D eigenvalue weighted by Crippen LogP contribution is -2.34. The van der Waals surface area contributed by atoms with E-state index in [1.807, 2.05) is 0 Å². The minimum absolute atomic E-state index is 0.0470. The molecule has 1 fully saturated rings. The summed E-state index contributed by atoms with van der Waals surface area (Å²) >= 11 is 1.57. The Morgan fingerprint density at radius 3 is 2.76 bits per heavy atom. The lowest BCUT2D eigenvalue weighted by molar-refractivity contribution is 0.144. The van der Waals surface area contributed by atoms with E-state index < -0.39 is 0 Å². The second-order valence-corrected chi connectivity index (χ2v) is 7.82. The van der Waals surface area contributed by atoms with Gasteiger partial charge in [0.15, 0.2) is 5.16 Å². The molecule has 1 N–H and O–H groups in total. The zero-order valence-corrected chi connectivity index (χ0v) is 14.0. The van der Waals surface area contributed by atoms with Gasteiger partial charge in [-0.2, -0.15) is 5.26 Å². The highest BCUT2D eigenvalue weighted by Crippen LogP contribution is 2.46. The molecule has 1 heterocycles. The van der Waals surface area contributed by atoms with Crippen LogP contribution in [0.2, 0.25) is 0 Å². The van der Waals surface area contributed by atoms with Gasteiger partial charge in [-0.05, 0) is 30.6 Å². The number of nitrogens with zero attached hydrogens (tertiary/aromatic N) is 3. The highest BCUT2D eigenvalue weighted by molar-refractivity contribution is 7.99. The second-order valence-electron chi connectivity index (χ2n) is 6.61. The maximum Gasteiger partial charge on any atom is 0.343 e. The number of nitriles is 1. The summed E-state index contributed by atoms with van der Waals surface area (Å²) in [4.78, 5) is 11.5. The van der Waals surface area contributed by atoms with Crippen molar-refractivity contribution in [3.05, 3.63) is 10.5 Å². The summed E-state index contributed by atoms with van der Waals surface area (Å²) in [5.41, 5.74) is 0.101. The van der Waals surface area contributed by atoms with Crippen LogP contribution in [0.15, 0.2) is 9.95 Å². The molecule has 0 aliphatic heterocycles. The Balaban J connectivity index is 2.16. The van der Waals surface area contributed by atoms with Gasteiger partial charge in [-0.1, -0.05) is 39.0 Å². The first kappa shape index (κ1) is 16.2.